The summed E-state index contributed by atoms with van der Waals surface area (Å²) in [5, 5.41) is 59.6. The number of hydrogen-bond acceptors (Lipinski definition) is 8. The Morgan fingerprint density at radius 3 is 0.838 bits per heavy atom. The van der Waals surface area contributed by atoms with Gasteiger partial charge in [-0.3, -0.25) is 0 Å². The minimum absolute atomic E-state index is 0.656. The van der Waals surface area contributed by atoms with Crippen LogP contribution in [0.2, 0.25) is 0 Å². The molecule has 136 heavy (non-hydrogen) atoms. The van der Waals surface area contributed by atoms with Crippen molar-refractivity contribution < 1.29 is 0 Å². The van der Waals surface area contributed by atoms with Crippen molar-refractivity contribution in [2.75, 3.05) is 0 Å². The number of thiophene rings is 4. The van der Waals surface area contributed by atoms with E-state index in [0.717, 1.165) is 111 Å². The van der Waals surface area contributed by atoms with Gasteiger partial charge >= 0.3 is 0 Å². The number of benzene rings is 20. The van der Waals surface area contributed by atoms with Gasteiger partial charge in [-0.05, 0) is 168 Å². The molecule has 0 aliphatic carbocycles. The number of fused-ring (bicyclic) bond motifs is 24. The zero-order chi connectivity index (χ0) is 90.6. The quantitative estimate of drug-likeness (QED) is 0.151. The molecule has 0 bridgehead atoms. The number of rotatable bonds is 8. The van der Waals surface area contributed by atoms with E-state index in [9.17, 15) is 21.0 Å². The largest absolute Gasteiger partial charge is 0.309 e. The lowest BCUT2D eigenvalue weighted by Gasteiger charge is -2.16. The first-order chi connectivity index (χ1) is 67.3. The van der Waals surface area contributed by atoms with Crippen LogP contribution in [0.15, 0.2) is 437 Å². The lowest BCUT2D eigenvalue weighted by Crippen LogP contribution is -2.00. The van der Waals surface area contributed by atoms with Gasteiger partial charge in [-0.2, -0.15) is 21.0 Å². The molecule has 8 nitrogen and oxygen atoms in total. The van der Waals surface area contributed by atoms with E-state index in [1.165, 1.54) is 124 Å². The van der Waals surface area contributed by atoms with E-state index in [2.05, 4.69) is 431 Å². The molecule has 28 rings (SSSR count). The molecule has 0 unspecified atom stereocenters. The molecule has 0 atom stereocenters. The molecule has 0 saturated heterocycles. The number of nitrogens with zero attached hydrogens (tertiary/aromatic N) is 8. The van der Waals surface area contributed by atoms with Crippen LogP contribution >= 0.6 is 45.3 Å². The normalized spacial score (nSPS) is 11.5. The Hall–Kier alpha value is -17.6. The average molecular weight is 1800 g/mol. The van der Waals surface area contributed by atoms with Crippen molar-refractivity contribution in [1.29, 1.82) is 21.0 Å². The van der Waals surface area contributed by atoms with Gasteiger partial charge in [0.2, 0.25) is 0 Å². The van der Waals surface area contributed by atoms with E-state index < -0.39 is 0 Å². The molecule has 20 aromatic carbocycles. The Kier molecular flexibility index (Phi) is 19.8. The van der Waals surface area contributed by atoms with Gasteiger partial charge in [-0.15, -0.1) is 45.3 Å². The number of aromatic nitrogens is 4. The van der Waals surface area contributed by atoms with E-state index in [4.69, 9.17) is 0 Å². The van der Waals surface area contributed by atoms with Gasteiger partial charge in [-0.25, -0.2) is 0 Å². The molecule has 0 radical (unpaired) electrons. The summed E-state index contributed by atoms with van der Waals surface area (Å²) in [6.45, 7) is 0. The predicted molar refractivity (Wildman–Crippen MR) is 575 cm³/mol. The molecule has 0 aliphatic rings. The molecule has 0 amide bonds. The predicted octanol–water partition coefficient (Wildman–Crippen LogP) is 34.8. The van der Waals surface area contributed by atoms with Crippen molar-refractivity contribution in [1.82, 2.24) is 18.3 Å². The van der Waals surface area contributed by atoms with Crippen molar-refractivity contribution in [2.24, 2.45) is 0 Å². The molecule has 0 saturated carbocycles. The van der Waals surface area contributed by atoms with Crippen molar-refractivity contribution >= 4 is 213 Å². The van der Waals surface area contributed by atoms with E-state index in [1.807, 2.05) is 82.5 Å². The second-order valence-electron chi connectivity index (χ2n) is 34.0. The number of nitriles is 4. The van der Waals surface area contributed by atoms with Crippen molar-refractivity contribution in [2.45, 2.75) is 0 Å². The third kappa shape index (κ3) is 13.4. The molecule has 28 aromatic rings. The molecule has 8 aromatic heterocycles. The smallest absolute Gasteiger partial charge is 0.101 e. The second-order valence-corrected chi connectivity index (χ2v) is 38.4. The maximum atomic E-state index is 10.1. The number of para-hydroxylation sites is 9. The van der Waals surface area contributed by atoms with E-state index in [1.54, 1.807) is 11.3 Å². The van der Waals surface area contributed by atoms with Gasteiger partial charge in [0.15, 0.2) is 0 Å². The lowest BCUT2D eigenvalue weighted by molar-refractivity contribution is 1.17. The third-order valence-electron chi connectivity index (χ3n) is 26.6. The molecular formula is C124H72N8S4. The van der Waals surface area contributed by atoms with Crippen molar-refractivity contribution in [3.05, 3.63) is 459 Å². The Morgan fingerprint density at radius 1 is 0.169 bits per heavy atom. The van der Waals surface area contributed by atoms with Gasteiger partial charge in [-0.1, -0.05) is 291 Å². The molecular weight excluding hydrogens is 1730 g/mol. The zero-order valence-corrected chi connectivity index (χ0v) is 76.0. The summed E-state index contributed by atoms with van der Waals surface area (Å²) in [6.07, 6.45) is 0. The lowest BCUT2D eigenvalue weighted by atomic mass is 9.97. The highest BCUT2D eigenvalue weighted by Gasteiger charge is 2.25. The van der Waals surface area contributed by atoms with Crippen LogP contribution in [0.1, 0.15) is 22.3 Å². The van der Waals surface area contributed by atoms with Crippen LogP contribution in [0.4, 0.5) is 0 Å². The van der Waals surface area contributed by atoms with Crippen LogP contribution in [-0.2, 0) is 0 Å². The summed E-state index contributed by atoms with van der Waals surface area (Å²) >= 11 is 7.26. The third-order valence-corrected chi connectivity index (χ3v) is 31.1. The van der Waals surface area contributed by atoms with Crippen LogP contribution in [0, 0.1) is 45.3 Å². The molecule has 0 fully saturated rings. The Morgan fingerprint density at radius 2 is 0.456 bits per heavy atom. The van der Waals surface area contributed by atoms with Crippen LogP contribution in [0.5, 0.6) is 0 Å². The monoisotopic (exact) mass is 1800 g/mol. The molecule has 0 spiro atoms. The summed E-state index contributed by atoms with van der Waals surface area (Å²) in [7, 11) is 0. The Balaban J connectivity index is 0.0000000965. The minimum Gasteiger partial charge on any atom is -0.309 e. The van der Waals surface area contributed by atoms with Gasteiger partial charge in [0.1, 0.15) is 6.07 Å². The molecule has 12 heteroatoms. The zero-order valence-electron chi connectivity index (χ0n) is 72.8. The fourth-order valence-corrected chi connectivity index (χ4v) is 25.1. The maximum absolute atomic E-state index is 10.1. The van der Waals surface area contributed by atoms with Gasteiger partial charge in [0, 0.05) is 146 Å². The highest BCUT2D eigenvalue weighted by molar-refractivity contribution is 7.27. The van der Waals surface area contributed by atoms with E-state index >= 15 is 0 Å². The summed E-state index contributed by atoms with van der Waals surface area (Å²) in [5.74, 6) is 0. The Bertz CT molecular complexity index is 9570. The molecule has 8 heterocycles. The van der Waals surface area contributed by atoms with Crippen molar-refractivity contribution in [3.8, 4) is 91.5 Å². The summed E-state index contributed by atoms with van der Waals surface area (Å²) in [4.78, 5) is 0. The molecule has 632 valence electrons. The van der Waals surface area contributed by atoms with E-state index in [-0.39, 0.29) is 0 Å². The van der Waals surface area contributed by atoms with Gasteiger partial charge < -0.3 is 18.3 Å². The van der Waals surface area contributed by atoms with Crippen LogP contribution in [0.25, 0.3) is 235 Å². The number of hydrogen-bond donors (Lipinski definition) is 0. The van der Waals surface area contributed by atoms with Gasteiger partial charge in [0.05, 0.1) is 107 Å². The minimum atomic E-state index is 0.656. The topological polar surface area (TPSA) is 115 Å². The standard InChI is InChI=1S/4C31H18N2S/c32-19-21-8-7-12-22(20-16-17-26-25-11-3-6-15-29(25)34-30(26)18-20)31(21)33-27-13-4-1-9-23(27)24-10-2-5-14-28(24)33;32-19-21-8-7-14-28(33-26-12-4-1-9-22(26)23-10-2-5-13-27(23)33)31(21)20-16-17-25-24-11-3-6-15-29(24)34-30(25)18-20;32-19-20-13-16-29(33-27-10-4-1-7-22(27)23-8-2-5-11-28(23)33)26(17-20)21-14-15-25-24-9-3-6-12-30(24)34-31(25)18-21;32-19-20-13-15-22(21-14-16-26-25-9-3-6-12-30(25)34-31(26)18-21)29(17-20)33-27-10-4-1-7-23(27)24-8-2-5-11-28(24)33/h4*1-18H. The van der Waals surface area contributed by atoms with Gasteiger partial charge in [0.25, 0.3) is 0 Å². The van der Waals surface area contributed by atoms with Crippen LogP contribution < -0.4 is 0 Å². The maximum Gasteiger partial charge on any atom is 0.101 e. The summed E-state index contributed by atoms with van der Waals surface area (Å²) in [5.41, 5.74) is 24.5. The fraction of sp³-hybridized carbons (Fsp3) is 0. The SMILES string of the molecule is N#Cc1ccc(-c2ccc3c(c2)sc2ccccc23)c(-n2c3ccccc3c3ccccc32)c1.N#Cc1ccc(-n2c3ccccc3c3ccccc32)c(-c2ccc3c(c2)sc2ccccc23)c1.N#Cc1cccc(-c2ccc3c(c2)sc2ccccc23)c1-n1c2ccccc2c2ccccc21.N#Cc1cccc(-n2c3ccccc3c3ccccc32)c1-c1ccc2c(c1)sc1ccccc12. The fourth-order valence-electron chi connectivity index (χ4n) is 20.6. The summed E-state index contributed by atoms with van der Waals surface area (Å²) in [6, 6.07) is 163. The Labute approximate surface area is 796 Å². The second kappa shape index (κ2) is 33.4. The van der Waals surface area contributed by atoms with E-state index in [0.29, 0.717) is 22.3 Å². The highest BCUT2D eigenvalue weighted by atomic mass is 32.1. The molecule has 0 aliphatic heterocycles. The van der Waals surface area contributed by atoms with Crippen molar-refractivity contribution in [3.63, 3.8) is 0 Å². The average Bonchev–Trinajstić information content (AvgIpc) is 1.58. The first kappa shape index (κ1) is 80.5. The first-order valence-corrected chi connectivity index (χ1v) is 48.3. The summed E-state index contributed by atoms with van der Waals surface area (Å²) < 4.78 is 19.4. The molecule has 0 N–H and O–H groups in total. The highest BCUT2D eigenvalue weighted by Crippen LogP contribution is 2.48. The first-order valence-electron chi connectivity index (χ1n) is 45.1. The van der Waals surface area contributed by atoms with Crippen LogP contribution in [-0.4, -0.2) is 18.3 Å². The van der Waals surface area contributed by atoms with Crippen LogP contribution in [0.3, 0.4) is 0 Å².